The lowest BCUT2D eigenvalue weighted by molar-refractivity contribution is -0.118. The fourth-order valence-corrected chi connectivity index (χ4v) is 1.16. The second-order valence-electron chi connectivity index (χ2n) is 3.13. The highest BCUT2D eigenvalue weighted by Crippen LogP contribution is 2.14. The minimum atomic E-state index is -0.316. The van der Waals surface area contributed by atoms with Gasteiger partial charge in [-0.05, 0) is 24.3 Å². The highest BCUT2D eigenvalue weighted by atomic mass is 19.1. The predicted octanol–water partition coefficient (Wildman–Crippen LogP) is 2.20. The highest BCUT2D eigenvalue weighted by molar-refractivity contribution is 5.92. The number of carbonyl (C=O) groups excluding carboxylic acids is 1. The molecule has 2 nitrogen and oxygen atoms in total. The van der Waals surface area contributed by atoms with Gasteiger partial charge in [-0.25, -0.2) is 4.39 Å². The van der Waals surface area contributed by atoms with E-state index in [4.69, 9.17) is 6.42 Å². The molecule has 0 atom stereocenters. The number of amides is 1. The Labute approximate surface area is 88.7 Å². The van der Waals surface area contributed by atoms with Gasteiger partial charge in [0.15, 0.2) is 0 Å². The lowest BCUT2D eigenvalue weighted by atomic mass is 10.2. The van der Waals surface area contributed by atoms with E-state index in [0.717, 1.165) is 0 Å². The molecule has 3 heteroatoms. The van der Waals surface area contributed by atoms with Gasteiger partial charge in [-0.15, -0.1) is 12.3 Å². The van der Waals surface area contributed by atoms with Crippen molar-refractivity contribution in [1.29, 1.82) is 0 Å². The molecule has 15 heavy (non-hydrogen) atoms. The van der Waals surface area contributed by atoms with Crippen LogP contribution in [0.15, 0.2) is 24.3 Å². The van der Waals surface area contributed by atoms with Crippen LogP contribution in [0.2, 0.25) is 0 Å². The molecule has 1 rings (SSSR count). The van der Waals surface area contributed by atoms with Crippen LogP contribution in [-0.2, 0) is 4.79 Å². The summed E-state index contributed by atoms with van der Waals surface area (Å²) < 4.78 is 12.6. The fourth-order valence-electron chi connectivity index (χ4n) is 1.16. The van der Waals surface area contributed by atoms with Gasteiger partial charge in [0.2, 0.25) is 5.91 Å². The van der Waals surface area contributed by atoms with Crippen LogP contribution in [0.1, 0.15) is 12.8 Å². The summed E-state index contributed by atoms with van der Waals surface area (Å²) in [6.07, 6.45) is 5.80. The number of nitrogens with zero attached hydrogens (tertiary/aromatic N) is 1. The summed E-state index contributed by atoms with van der Waals surface area (Å²) >= 11 is 0. The zero-order chi connectivity index (χ0) is 11.3. The molecule has 1 aromatic carbocycles. The SMILES string of the molecule is C#CCCC(=O)N(C)c1ccc(F)cc1. The molecule has 0 aliphatic heterocycles. The third-order valence-electron chi connectivity index (χ3n) is 2.07. The standard InChI is InChI=1S/C12H12FNO/c1-3-4-5-12(15)14(2)11-8-6-10(13)7-9-11/h1,6-9H,4-5H2,2H3. The van der Waals surface area contributed by atoms with E-state index < -0.39 is 0 Å². The molecule has 0 N–H and O–H groups in total. The third kappa shape index (κ3) is 3.10. The minimum absolute atomic E-state index is 0.0699. The second kappa shape index (κ2) is 5.16. The molecule has 0 saturated carbocycles. The summed E-state index contributed by atoms with van der Waals surface area (Å²) in [5, 5.41) is 0. The van der Waals surface area contributed by atoms with Crippen molar-refractivity contribution in [2.24, 2.45) is 0 Å². The lowest BCUT2D eigenvalue weighted by Gasteiger charge is -2.16. The van der Waals surface area contributed by atoms with Crippen LogP contribution in [-0.4, -0.2) is 13.0 Å². The molecule has 0 spiro atoms. The zero-order valence-electron chi connectivity index (χ0n) is 8.53. The molecule has 0 unspecified atom stereocenters. The summed E-state index contributed by atoms with van der Waals surface area (Å²) in [6, 6.07) is 5.76. The zero-order valence-corrected chi connectivity index (χ0v) is 8.53. The summed E-state index contributed by atoms with van der Waals surface area (Å²) in [7, 11) is 1.64. The van der Waals surface area contributed by atoms with Crippen LogP contribution in [0.4, 0.5) is 10.1 Å². The number of anilines is 1. The molecule has 1 amide bonds. The molecule has 0 bridgehead atoms. The van der Waals surface area contributed by atoms with Gasteiger partial charge in [-0.3, -0.25) is 4.79 Å². The van der Waals surface area contributed by atoms with Crippen LogP contribution < -0.4 is 4.90 Å². The number of terminal acetylenes is 1. The van der Waals surface area contributed by atoms with Gasteiger partial charge < -0.3 is 4.90 Å². The number of halogens is 1. The Morgan fingerprint density at radius 2 is 2.07 bits per heavy atom. The molecule has 0 heterocycles. The average Bonchev–Trinajstić information content (AvgIpc) is 2.26. The Bertz CT molecular complexity index is 378. The van der Waals surface area contributed by atoms with E-state index in [-0.39, 0.29) is 11.7 Å². The molecule has 0 radical (unpaired) electrons. The van der Waals surface area contributed by atoms with Crippen molar-refractivity contribution in [3.63, 3.8) is 0 Å². The fraction of sp³-hybridized carbons (Fsp3) is 0.250. The normalized spacial score (nSPS) is 9.40. The van der Waals surface area contributed by atoms with Crippen molar-refractivity contribution in [1.82, 2.24) is 0 Å². The smallest absolute Gasteiger partial charge is 0.227 e. The van der Waals surface area contributed by atoms with Gasteiger partial charge in [0.25, 0.3) is 0 Å². The number of hydrogen-bond acceptors (Lipinski definition) is 1. The average molecular weight is 205 g/mol. The molecule has 0 aliphatic rings. The van der Waals surface area contributed by atoms with Crippen LogP contribution >= 0.6 is 0 Å². The molecule has 78 valence electrons. The van der Waals surface area contributed by atoms with Gasteiger partial charge in [0.05, 0.1) is 0 Å². The van der Waals surface area contributed by atoms with E-state index in [1.807, 2.05) is 0 Å². The Morgan fingerprint density at radius 3 is 2.60 bits per heavy atom. The first kappa shape index (κ1) is 11.3. The number of benzene rings is 1. The largest absolute Gasteiger partial charge is 0.315 e. The van der Waals surface area contributed by atoms with Gasteiger partial charge in [0, 0.05) is 25.6 Å². The summed E-state index contributed by atoms with van der Waals surface area (Å²) in [6.45, 7) is 0. The molecule has 0 aromatic heterocycles. The Hall–Kier alpha value is -1.82. The van der Waals surface area contributed by atoms with E-state index in [2.05, 4.69) is 5.92 Å². The lowest BCUT2D eigenvalue weighted by Crippen LogP contribution is -2.25. The van der Waals surface area contributed by atoms with Crippen LogP contribution in [0.5, 0.6) is 0 Å². The Balaban J connectivity index is 2.68. The Kier molecular flexibility index (Phi) is 3.87. The second-order valence-corrected chi connectivity index (χ2v) is 3.13. The first-order valence-corrected chi connectivity index (χ1v) is 4.60. The Morgan fingerprint density at radius 1 is 1.47 bits per heavy atom. The molecular formula is C12H12FNO. The summed E-state index contributed by atoms with van der Waals surface area (Å²) in [4.78, 5) is 13.0. The maximum atomic E-state index is 12.6. The van der Waals surface area contributed by atoms with E-state index in [1.54, 1.807) is 19.2 Å². The van der Waals surface area contributed by atoms with Crippen molar-refractivity contribution in [2.75, 3.05) is 11.9 Å². The van der Waals surface area contributed by atoms with Crippen LogP contribution in [0, 0.1) is 18.2 Å². The molecule has 1 aromatic rings. The quantitative estimate of drug-likeness (QED) is 0.693. The van der Waals surface area contributed by atoms with Crippen molar-refractivity contribution in [2.45, 2.75) is 12.8 Å². The van der Waals surface area contributed by atoms with E-state index in [0.29, 0.717) is 18.5 Å². The molecule has 0 aliphatic carbocycles. The van der Waals surface area contributed by atoms with Crippen molar-refractivity contribution in [3.8, 4) is 12.3 Å². The molecule has 0 fully saturated rings. The van der Waals surface area contributed by atoms with Crippen molar-refractivity contribution >= 4 is 11.6 Å². The van der Waals surface area contributed by atoms with Crippen LogP contribution in [0.3, 0.4) is 0 Å². The first-order chi connectivity index (χ1) is 7.15. The van der Waals surface area contributed by atoms with E-state index in [1.165, 1.54) is 17.0 Å². The van der Waals surface area contributed by atoms with E-state index >= 15 is 0 Å². The topological polar surface area (TPSA) is 20.3 Å². The predicted molar refractivity (Wildman–Crippen MR) is 57.9 cm³/mol. The maximum absolute atomic E-state index is 12.6. The monoisotopic (exact) mass is 205 g/mol. The first-order valence-electron chi connectivity index (χ1n) is 4.60. The number of hydrogen-bond donors (Lipinski definition) is 0. The summed E-state index contributed by atoms with van der Waals surface area (Å²) in [5.74, 6) is 2.02. The summed E-state index contributed by atoms with van der Waals surface area (Å²) in [5.41, 5.74) is 0.665. The van der Waals surface area contributed by atoms with Gasteiger partial charge in [-0.1, -0.05) is 0 Å². The maximum Gasteiger partial charge on any atom is 0.227 e. The molecular weight excluding hydrogens is 193 g/mol. The van der Waals surface area contributed by atoms with Gasteiger partial charge >= 0.3 is 0 Å². The van der Waals surface area contributed by atoms with Gasteiger partial charge in [-0.2, -0.15) is 0 Å². The number of rotatable bonds is 3. The van der Waals surface area contributed by atoms with Crippen molar-refractivity contribution in [3.05, 3.63) is 30.1 Å². The minimum Gasteiger partial charge on any atom is -0.315 e. The highest BCUT2D eigenvalue weighted by Gasteiger charge is 2.09. The van der Waals surface area contributed by atoms with Crippen molar-refractivity contribution < 1.29 is 9.18 Å². The number of carbonyl (C=O) groups is 1. The van der Waals surface area contributed by atoms with E-state index in [9.17, 15) is 9.18 Å². The van der Waals surface area contributed by atoms with Crippen LogP contribution in [0.25, 0.3) is 0 Å². The van der Waals surface area contributed by atoms with Gasteiger partial charge in [0.1, 0.15) is 5.82 Å². The molecule has 0 saturated heterocycles. The third-order valence-corrected chi connectivity index (χ3v) is 2.07.